The van der Waals surface area contributed by atoms with E-state index in [1.807, 2.05) is 0 Å². The number of anilines is 1. The van der Waals surface area contributed by atoms with Crippen LogP contribution in [0.25, 0.3) is 11.1 Å². The van der Waals surface area contributed by atoms with E-state index in [1.54, 1.807) is 6.07 Å². The lowest BCUT2D eigenvalue weighted by molar-refractivity contribution is 0.466. The Kier molecular flexibility index (Phi) is 2.68. The van der Waals surface area contributed by atoms with E-state index in [4.69, 9.17) is 4.42 Å². The molecule has 0 aliphatic carbocycles. The molecule has 17 heavy (non-hydrogen) atoms. The van der Waals surface area contributed by atoms with E-state index in [-0.39, 0.29) is 5.82 Å². The topological polar surface area (TPSA) is 50.1 Å². The third kappa shape index (κ3) is 2.24. The van der Waals surface area contributed by atoms with Gasteiger partial charge in [0.2, 0.25) is 0 Å². The summed E-state index contributed by atoms with van der Waals surface area (Å²) in [6, 6.07) is 5.23. The van der Waals surface area contributed by atoms with Crippen LogP contribution < -0.4 is 10.6 Å². The molecule has 0 unspecified atom stereocenters. The number of oxazole rings is 1. The maximum Gasteiger partial charge on any atom is 0.295 e. The van der Waals surface area contributed by atoms with Crippen LogP contribution in [0.4, 0.5) is 10.4 Å². The summed E-state index contributed by atoms with van der Waals surface area (Å²) in [4.78, 5) is 4.23. The summed E-state index contributed by atoms with van der Waals surface area (Å²) in [7, 11) is 0. The van der Waals surface area contributed by atoms with Crippen LogP contribution in [0.15, 0.2) is 22.6 Å². The number of halogens is 1. The average molecular weight is 235 g/mol. The van der Waals surface area contributed by atoms with Crippen molar-refractivity contribution in [3.05, 3.63) is 24.0 Å². The highest BCUT2D eigenvalue weighted by Crippen LogP contribution is 2.21. The summed E-state index contributed by atoms with van der Waals surface area (Å²) >= 11 is 0. The first-order valence-electron chi connectivity index (χ1n) is 5.84. The Bertz CT molecular complexity index is 519. The zero-order valence-electron chi connectivity index (χ0n) is 9.37. The van der Waals surface area contributed by atoms with Crippen LogP contribution in [0, 0.1) is 5.82 Å². The maximum atomic E-state index is 13.0. The predicted molar refractivity (Wildman–Crippen MR) is 63.5 cm³/mol. The van der Waals surface area contributed by atoms with E-state index in [9.17, 15) is 4.39 Å². The molecule has 4 nitrogen and oxygen atoms in total. The minimum Gasteiger partial charge on any atom is -0.424 e. The van der Waals surface area contributed by atoms with Gasteiger partial charge in [0.25, 0.3) is 6.01 Å². The molecule has 3 rings (SSSR count). The number of fused-ring (bicyclic) bond motifs is 1. The van der Waals surface area contributed by atoms with Crippen molar-refractivity contribution in [1.29, 1.82) is 0 Å². The number of hydrogen-bond donors (Lipinski definition) is 2. The molecular weight excluding hydrogens is 221 g/mol. The number of nitrogens with zero attached hydrogens (tertiary/aromatic N) is 1. The molecule has 1 fully saturated rings. The second kappa shape index (κ2) is 4.33. The van der Waals surface area contributed by atoms with Gasteiger partial charge in [-0.1, -0.05) is 0 Å². The van der Waals surface area contributed by atoms with E-state index in [0.29, 0.717) is 23.2 Å². The number of piperidine rings is 1. The lowest BCUT2D eigenvalue weighted by Gasteiger charge is -2.22. The van der Waals surface area contributed by atoms with Gasteiger partial charge >= 0.3 is 0 Å². The molecule has 0 atom stereocenters. The summed E-state index contributed by atoms with van der Waals surface area (Å²) in [6.07, 6.45) is 2.10. The third-order valence-electron chi connectivity index (χ3n) is 3.02. The van der Waals surface area contributed by atoms with Crippen LogP contribution in [0.1, 0.15) is 12.8 Å². The molecule has 0 radical (unpaired) electrons. The van der Waals surface area contributed by atoms with E-state index in [0.717, 1.165) is 25.9 Å². The van der Waals surface area contributed by atoms with Gasteiger partial charge in [0.05, 0.1) is 0 Å². The first-order chi connectivity index (χ1) is 8.31. The van der Waals surface area contributed by atoms with Crippen molar-refractivity contribution in [2.45, 2.75) is 18.9 Å². The predicted octanol–water partition coefficient (Wildman–Crippen LogP) is 2.13. The van der Waals surface area contributed by atoms with E-state index in [2.05, 4.69) is 15.6 Å². The molecule has 0 bridgehead atoms. The zero-order valence-corrected chi connectivity index (χ0v) is 9.37. The van der Waals surface area contributed by atoms with Crippen molar-refractivity contribution in [3.63, 3.8) is 0 Å². The Labute approximate surface area is 98.2 Å². The third-order valence-corrected chi connectivity index (χ3v) is 3.02. The summed E-state index contributed by atoms with van der Waals surface area (Å²) in [5.41, 5.74) is 1.17. The number of hydrogen-bond acceptors (Lipinski definition) is 4. The Balaban J connectivity index is 1.80. The Hall–Kier alpha value is -1.62. The molecular formula is C12H14FN3O. The summed E-state index contributed by atoms with van der Waals surface area (Å²) in [6.45, 7) is 2.01. The fourth-order valence-corrected chi connectivity index (χ4v) is 2.10. The number of rotatable bonds is 2. The van der Waals surface area contributed by atoms with Gasteiger partial charge in [-0.2, -0.15) is 4.98 Å². The smallest absolute Gasteiger partial charge is 0.295 e. The van der Waals surface area contributed by atoms with E-state index >= 15 is 0 Å². The van der Waals surface area contributed by atoms with Crippen molar-refractivity contribution in [2.24, 2.45) is 0 Å². The maximum absolute atomic E-state index is 13.0. The Morgan fingerprint density at radius 3 is 3.00 bits per heavy atom. The molecule has 0 spiro atoms. The number of benzene rings is 1. The van der Waals surface area contributed by atoms with Crippen molar-refractivity contribution in [2.75, 3.05) is 18.4 Å². The van der Waals surface area contributed by atoms with Crippen LogP contribution in [0.5, 0.6) is 0 Å². The first kappa shape index (κ1) is 10.5. The lowest BCUT2D eigenvalue weighted by atomic mass is 10.1. The van der Waals surface area contributed by atoms with Gasteiger partial charge in [0.15, 0.2) is 5.58 Å². The molecule has 5 heteroatoms. The molecule has 1 aromatic heterocycles. The van der Waals surface area contributed by atoms with Crippen molar-refractivity contribution >= 4 is 17.1 Å². The minimum absolute atomic E-state index is 0.292. The molecule has 0 amide bonds. The van der Waals surface area contributed by atoms with Crippen molar-refractivity contribution in [1.82, 2.24) is 10.3 Å². The zero-order chi connectivity index (χ0) is 11.7. The average Bonchev–Trinajstić information content (AvgIpc) is 2.71. The molecule has 2 N–H and O–H groups in total. The fourth-order valence-electron chi connectivity index (χ4n) is 2.10. The standard InChI is InChI=1S/C12H14FN3O/c13-8-1-2-11-10(7-8)16-12(17-11)15-9-3-5-14-6-4-9/h1-2,7,9,14H,3-6H2,(H,15,16). The number of aromatic nitrogens is 1. The fraction of sp³-hybridized carbons (Fsp3) is 0.417. The summed E-state index contributed by atoms with van der Waals surface area (Å²) in [5, 5.41) is 6.54. The second-order valence-corrected chi connectivity index (χ2v) is 4.30. The van der Waals surface area contributed by atoms with Crippen LogP contribution in [0.3, 0.4) is 0 Å². The van der Waals surface area contributed by atoms with Gasteiger partial charge in [-0.05, 0) is 38.1 Å². The molecule has 1 aliphatic rings. The van der Waals surface area contributed by atoms with Gasteiger partial charge in [-0.25, -0.2) is 4.39 Å². The Morgan fingerprint density at radius 2 is 2.18 bits per heavy atom. The van der Waals surface area contributed by atoms with Gasteiger partial charge < -0.3 is 15.1 Å². The van der Waals surface area contributed by atoms with Crippen LogP contribution in [-0.4, -0.2) is 24.1 Å². The lowest BCUT2D eigenvalue weighted by Crippen LogP contribution is -2.35. The highest BCUT2D eigenvalue weighted by Gasteiger charge is 2.15. The van der Waals surface area contributed by atoms with Gasteiger partial charge in [0, 0.05) is 12.1 Å². The Morgan fingerprint density at radius 1 is 1.35 bits per heavy atom. The van der Waals surface area contributed by atoms with Crippen molar-refractivity contribution < 1.29 is 8.81 Å². The SMILES string of the molecule is Fc1ccc2oc(NC3CCNCC3)nc2c1. The molecule has 0 saturated carbocycles. The minimum atomic E-state index is -0.292. The van der Waals surface area contributed by atoms with Crippen LogP contribution >= 0.6 is 0 Å². The normalized spacial score (nSPS) is 17.5. The van der Waals surface area contributed by atoms with Crippen LogP contribution in [-0.2, 0) is 0 Å². The van der Waals surface area contributed by atoms with E-state index in [1.165, 1.54) is 12.1 Å². The van der Waals surface area contributed by atoms with Gasteiger partial charge in [0.1, 0.15) is 11.3 Å². The van der Waals surface area contributed by atoms with Gasteiger partial charge in [-0.15, -0.1) is 0 Å². The number of nitrogens with one attached hydrogen (secondary N) is 2. The molecule has 2 aromatic rings. The molecule has 90 valence electrons. The highest BCUT2D eigenvalue weighted by atomic mass is 19.1. The van der Waals surface area contributed by atoms with Crippen LogP contribution in [0.2, 0.25) is 0 Å². The molecule has 1 saturated heterocycles. The monoisotopic (exact) mass is 235 g/mol. The van der Waals surface area contributed by atoms with E-state index < -0.39 is 0 Å². The second-order valence-electron chi connectivity index (χ2n) is 4.30. The quantitative estimate of drug-likeness (QED) is 0.837. The van der Waals surface area contributed by atoms with Gasteiger partial charge in [-0.3, -0.25) is 0 Å². The molecule has 1 aliphatic heterocycles. The largest absolute Gasteiger partial charge is 0.424 e. The van der Waals surface area contributed by atoms with Crippen molar-refractivity contribution in [3.8, 4) is 0 Å². The molecule has 2 heterocycles. The summed E-state index contributed by atoms with van der Waals surface area (Å²) in [5.74, 6) is -0.292. The first-order valence-corrected chi connectivity index (χ1v) is 5.84. The highest BCUT2D eigenvalue weighted by molar-refractivity contribution is 5.74. The molecule has 1 aromatic carbocycles. The summed E-state index contributed by atoms with van der Waals surface area (Å²) < 4.78 is 18.5.